The van der Waals surface area contributed by atoms with Crippen LogP contribution in [0, 0.1) is 17.8 Å². The van der Waals surface area contributed by atoms with Crippen LogP contribution in [-0.2, 0) is 9.47 Å². The van der Waals surface area contributed by atoms with Gasteiger partial charge in [0.2, 0.25) is 0 Å². The zero-order valence-corrected chi connectivity index (χ0v) is 20.0. The van der Waals surface area contributed by atoms with Crippen LogP contribution >= 0.6 is 0 Å². The zero-order chi connectivity index (χ0) is 25.5. The minimum Gasteiger partial charge on any atom is -0.459 e. The number of benzene rings is 2. The predicted molar refractivity (Wildman–Crippen MR) is 128 cm³/mol. The molecule has 0 atom stereocenters. The van der Waals surface area contributed by atoms with Crippen LogP contribution in [0.1, 0.15) is 32.6 Å². The average Bonchev–Trinajstić information content (AvgIpc) is 2.89. The number of rotatable bonds is 8. The van der Waals surface area contributed by atoms with Crippen molar-refractivity contribution in [2.24, 2.45) is 17.8 Å². The van der Waals surface area contributed by atoms with Crippen LogP contribution < -0.4 is 9.47 Å². The standard InChI is InChI=1S/C28H30F4O4/c1-2-3-19-16-34-27(35-17-19)22-4-10-23(11-5-22)28(31,32)36-25-14-8-21(9-15-25)20-6-12-24(13-7-20)33-18-26(29)30/h2-3,6-9,12-15,18-19,22-23,27H,4-5,10-11,16-17H2,1H3. The van der Waals surface area contributed by atoms with E-state index in [4.69, 9.17) is 18.9 Å². The van der Waals surface area contributed by atoms with Gasteiger partial charge >= 0.3 is 12.2 Å². The fraction of sp³-hybridized carbons (Fsp3) is 0.429. The Balaban J connectivity index is 1.28. The highest BCUT2D eigenvalue weighted by molar-refractivity contribution is 5.64. The summed E-state index contributed by atoms with van der Waals surface area (Å²) >= 11 is 0. The second-order valence-corrected chi connectivity index (χ2v) is 9.17. The Bertz CT molecular complexity index is 1020. The lowest BCUT2D eigenvalue weighted by atomic mass is 9.80. The third-order valence-corrected chi connectivity index (χ3v) is 6.63. The van der Waals surface area contributed by atoms with Crippen molar-refractivity contribution in [2.45, 2.75) is 45.0 Å². The summed E-state index contributed by atoms with van der Waals surface area (Å²) < 4.78 is 75.7. The zero-order valence-electron chi connectivity index (χ0n) is 20.0. The van der Waals surface area contributed by atoms with Crippen molar-refractivity contribution < 1.29 is 36.5 Å². The van der Waals surface area contributed by atoms with Gasteiger partial charge in [-0.15, -0.1) is 0 Å². The molecule has 1 heterocycles. The highest BCUT2D eigenvalue weighted by Gasteiger charge is 2.45. The molecule has 2 aliphatic rings. The molecule has 8 heteroatoms. The molecule has 4 rings (SSSR count). The van der Waals surface area contributed by atoms with Gasteiger partial charge in [0.25, 0.3) is 0 Å². The number of hydrogen-bond donors (Lipinski definition) is 0. The quantitative estimate of drug-likeness (QED) is 0.208. The van der Waals surface area contributed by atoms with Crippen LogP contribution in [0.2, 0.25) is 0 Å². The number of hydrogen-bond acceptors (Lipinski definition) is 4. The topological polar surface area (TPSA) is 36.9 Å². The van der Waals surface area contributed by atoms with E-state index in [1.165, 1.54) is 12.1 Å². The summed E-state index contributed by atoms with van der Waals surface area (Å²) in [6, 6.07) is 12.9. The molecule has 194 valence electrons. The first-order chi connectivity index (χ1) is 17.3. The van der Waals surface area contributed by atoms with E-state index in [0.717, 1.165) is 11.1 Å². The van der Waals surface area contributed by atoms with Crippen molar-refractivity contribution in [1.29, 1.82) is 0 Å². The fourth-order valence-electron chi connectivity index (χ4n) is 4.71. The largest absolute Gasteiger partial charge is 0.459 e. The minimum absolute atomic E-state index is 0.0864. The molecule has 0 N–H and O–H groups in total. The van der Waals surface area contributed by atoms with Crippen molar-refractivity contribution in [3.63, 3.8) is 0 Å². The summed E-state index contributed by atoms with van der Waals surface area (Å²) in [4.78, 5) is 0. The molecule has 2 aromatic carbocycles. The molecule has 1 saturated heterocycles. The summed E-state index contributed by atoms with van der Waals surface area (Å²) in [6.07, 6.45) is 0.763. The predicted octanol–water partition coefficient (Wildman–Crippen LogP) is 7.81. The molecular weight excluding hydrogens is 476 g/mol. The van der Waals surface area contributed by atoms with E-state index in [2.05, 4.69) is 6.08 Å². The lowest BCUT2D eigenvalue weighted by Gasteiger charge is -2.38. The molecule has 0 radical (unpaired) electrons. The lowest BCUT2D eigenvalue weighted by molar-refractivity contribution is -0.244. The first kappa shape index (κ1) is 26.2. The maximum absolute atomic E-state index is 14.9. The van der Waals surface area contributed by atoms with Gasteiger partial charge in [0.05, 0.1) is 19.1 Å². The monoisotopic (exact) mass is 506 g/mol. The van der Waals surface area contributed by atoms with E-state index in [1.807, 2.05) is 13.0 Å². The Kier molecular flexibility index (Phi) is 8.69. The van der Waals surface area contributed by atoms with Crippen LogP contribution in [0.3, 0.4) is 0 Å². The minimum atomic E-state index is -3.28. The van der Waals surface area contributed by atoms with Crippen molar-refractivity contribution in [2.75, 3.05) is 13.2 Å². The molecule has 36 heavy (non-hydrogen) atoms. The normalized spacial score (nSPS) is 24.9. The van der Waals surface area contributed by atoms with Crippen molar-refractivity contribution in [1.82, 2.24) is 0 Å². The van der Waals surface area contributed by atoms with Gasteiger partial charge in [0, 0.05) is 11.8 Å². The molecule has 0 unspecified atom stereocenters. The molecule has 2 aromatic rings. The van der Waals surface area contributed by atoms with E-state index in [1.54, 1.807) is 36.4 Å². The second-order valence-electron chi connectivity index (χ2n) is 9.17. The number of ether oxygens (including phenoxy) is 4. The van der Waals surface area contributed by atoms with Gasteiger partial charge in [-0.25, -0.2) is 0 Å². The average molecular weight is 507 g/mol. The Hall–Kier alpha value is -2.84. The van der Waals surface area contributed by atoms with Crippen LogP contribution in [-0.4, -0.2) is 25.6 Å². The van der Waals surface area contributed by atoms with Gasteiger partial charge in [-0.1, -0.05) is 36.4 Å². The van der Waals surface area contributed by atoms with Crippen LogP contribution in [0.15, 0.2) is 73.0 Å². The Morgan fingerprint density at radius 3 is 1.94 bits per heavy atom. The highest BCUT2D eigenvalue weighted by Crippen LogP contribution is 2.42. The second kappa shape index (κ2) is 11.9. The molecule has 0 aromatic heterocycles. The maximum atomic E-state index is 14.9. The third kappa shape index (κ3) is 6.89. The Morgan fingerprint density at radius 1 is 0.861 bits per heavy atom. The van der Waals surface area contributed by atoms with Crippen molar-refractivity contribution >= 4 is 0 Å². The van der Waals surface area contributed by atoms with Gasteiger partial charge in [-0.3, -0.25) is 0 Å². The van der Waals surface area contributed by atoms with Crippen LogP contribution in [0.5, 0.6) is 11.5 Å². The SMILES string of the molecule is CC=CC1COC(C2CCC(C(F)(F)Oc3ccc(-c4ccc(OC=C(F)F)cc4)cc3)CC2)OC1. The molecule has 1 aliphatic heterocycles. The summed E-state index contributed by atoms with van der Waals surface area (Å²) in [5.74, 6) is -0.158. The van der Waals surface area contributed by atoms with Crippen LogP contribution in [0.4, 0.5) is 17.6 Å². The van der Waals surface area contributed by atoms with Gasteiger partial charge < -0.3 is 18.9 Å². The van der Waals surface area contributed by atoms with E-state index in [-0.39, 0.29) is 29.6 Å². The van der Waals surface area contributed by atoms with E-state index in [9.17, 15) is 17.6 Å². The highest BCUT2D eigenvalue weighted by atomic mass is 19.3. The molecule has 0 spiro atoms. The molecule has 1 aliphatic carbocycles. The summed E-state index contributed by atoms with van der Waals surface area (Å²) in [6.45, 7) is 3.15. The fourth-order valence-corrected chi connectivity index (χ4v) is 4.71. The van der Waals surface area contributed by atoms with E-state index in [0.29, 0.717) is 45.2 Å². The molecule has 0 bridgehead atoms. The van der Waals surface area contributed by atoms with Gasteiger partial charge in [-0.05, 0) is 68.0 Å². The van der Waals surface area contributed by atoms with Crippen molar-refractivity contribution in [3.05, 3.63) is 73.0 Å². The first-order valence-electron chi connectivity index (χ1n) is 12.1. The Labute approximate surface area is 208 Å². The van der Waals surface area contributed by atoms with Gasteiger partial charge in [0.1, 0.15) is 11.5 Å². The molecule has 1 saturated carbocycles. The number of halogens is 4. The summed E-state index contributed by atoms with van der Waals surface area (Å²) in [7, 11) is 0. The summed E-state index contributed by atoms with van der Waals surface area (Å²) in [5.41, 5.74) is 1.56. The van der Waals surface area contributed by atoms with E-state index >= 15 is 0 Å². The first-order valence-corrected chi connectivity index (χ1v) is 12.1. The number of alkyl halides is 2. The van der Waals surface area contributed by atoms with Crippen molar-refractivity contribution in [3.8, 4) is 22.6 Å². The third-order valence-electron chi connectivity index (χ3n) is 6.63. The Morgan fingerprint density at radius 2 is 1.42 bits per heavy atom. The lowest BCUT2D eigenvalue weighted by Crippen LogP contribution is -2.41. The van der Waals surface area contributed by atoms with Gasteiger partial charge in [0.15, 0.2) is 12.6 Å². The molecule has 2 fully saturated rings. The number of allylic oxidation sites excluding steroid dienone is 1. The van der Waals surface area contributed by atoms with E-state index < -0.39 is 18.1 Å². The van der Waals surface area contributed by atoms with Gasteiger partial charge in [-0.2, -0.15) is 17.6 Å². The molecule has 4 nitrogen and oxygen atoms in total. The summed E-state index contributed by atoms with van der Waals surface area (Å²) in [5, 5.41) is 0. The van der Waals surface area contributed by atoms with Crippen LogP contribution in [0.25, 0.3) is 11.1 Å². The molecular formula is C28H30F4O4. The maximum Gasteiger partial charge on any atom is 0.400 e. The molecule has 0 amide bonds. The smallest absolute Gasteiger partial charge is 0.400 e.